The van der Waals surface area contributed by atoms with Gasteiger partial charge in [0.05, 0.1) is 24.6 Å². The van der Waals surface area contributed by atoms with E-state index in [9.17, 15) is 14.4 Å². The van der Waals surface area contributed by atoms with E-state index in [1.54, 1.807) is 17.2 Å². The molecule has 3 amide bonds. The molecule has 1 aromatic carbocycles. The molecule has 1 N–H and O–H groups in total. The van der Waals surface area contributed by atoms with Gasteiger partial charge in [0.1, 0.15) is 11.3 Å². The molecule has 5 rings (SSSR count). The van der Waals surface area contributed by atoms with Crippen molar-refractivity contribution in [3.63, 3.8) is 0 Å². The molecule has 4 heterocycles. The molecule has 30 heavy (non-hydrogen) atoms. The minimum absolute atomic E-state index is 0.119. The molecule has 0 radical (unpaired) electrons. The van der Waals surface area contributed by atoms with Crippen LogP contribution in [0.3, 0.4) is 0 Å². The molecule has 156 valence electrons. The quantitative estimate of drug-likeness (QED) is 0.788. The molecule has 4 atom stereocenters. The summed E-state index contributed by atoms with van der Waals surface area (Å²) in [6.07, 6.45) is 2.89. The highest BCUT2D eigenvalue weighted by atomic mass is 16.3. The number of carbonyl (C=O) groups excluding carboxylic acids is 3. The van der Waals surface area contributed by atoms with Gasteiger partial charge in [0.15, 0.2) is 0 Å². The van der Waals surface area contributed by atoms with Crippen molar-refractivity contribution in [2.45, 2.75) is 37.9 Å². The Morgan fingerprint density at radius 2 is 1.90 bits per heavy atom. The van der Waals surface area contributed by atoms with E-state index in [0.29, 0.717) is 25.3 Å². The Morgan fingerprint density at radius 3 is 2.60 bits per heavy atom. The number of hydrogen-bond donors (Lipinski definition) is 1. The number of imide groups is 1. The minimum Gasteiger partial charge on any atom is -0.467 e. The van der Waals surface area contributed by atoms with E-state index in [4.69, 9.17) is 4.42 Å². The molecule has 1 aromatic heterocycles. The van der Waals surface area contributed by atoms with Crippen LogP contribution in [0.25, 0.3) is 0 Å². The maximum Gasteiger partial charge on any atom is 0.244 e. The maximum absolute atomic E-state index is 13.7. The van der Waals surface area contributed by atoms with E-state index in [1.165, 1.54) is 11.9 Å². The Bertz CT molecular complexity index is 1000. The van der Waals surface area contributed by atoms with Crippen molar-refractivity contribution in [1.82, 2.24) is 15.1 Å². The van der Waals surface area contributed by atoms with Crippen molar-refractivity contribution < 1.29 is 18.8 Å². The average Bonchev–Trinajstić information content (AvgIpc) is 3.42. The van der Waals surface area contributed by atoms with Gasteiger partial charge in [-0.1, -0.05) is 29.8 Å². The molecule has 3 aliphatic rings. The van der Waals surface area contributed by atoms with Crippen molar-refractivity contribution in [3.05, 3.63) is 59.5 Å². The third kappa shape index (κ3) is 2.65. The Balaban J connectivity index is 1.55. The fraction of sp³-hybridized carbons (Fsp3) is 0.435. The van der Waals surface area contributed by atoms with Gasteiger partial charge >= 0.3 is 0 Å². The standard InChI is InChI=1S/C23H25N3O4/c1-14-6-8-15(9-7-14)19-17-18(21(28)25(2)20(17)27)23(24-19)10-4-11-26(22(23)29)13-16-5-3-12-30-16/h3,5-9,12,17-19,24H,4,10-11,13H2,1-2H3/t17-,18-,19-,23-/m1/s1. The normalized spacial score (nSPS) is 31.1. The lowest BCUT2D eigenvalue weighted by Crippen LogP contribution is -2.63. The number of benzene rings is 1. The zero-order valence-corrected chi connectivity index (χ0v) is 17.1. The summed E-state index contributed by atoms with van der Waals surface area (Å²) in [4.78, 5) is 42.9. The van der Waals surface area contributed by atoms with Gasteiger partial charge in [-0.25, -0.2) is 0 Å². The first-order valence-electron chi connectivity index (χ1n) is 10.4. The largest absolute Gasteiger partial charge is 0.467 e. The molecule has 0 saturated carbocycles. The highest BCUT2D eigenvalue weighted by Gasteiger charge is 2.68. The van der Waals surface area contributed by atoms with Gasteiger partial charge in [-0.05, 0) is 37.5 Å². The number of carbonyl (C=O) groups is 3. The summed E-state index contributed by atoms with van der Waals surface area (Å²) in [7, 11) is 1.52. The summed E-state index contributed by atoms with van der Waals surface area (Å²) in [5, 5.41) is 3.49. The number of aryl methyl sites for hydroxylation is 1. The van der Waals surface area contributed by atoms with E-state index in [-0.39, 0.29) is 23.8 Å². The van der Waals surface area contributed by atoms with Crippen molar-refractivity contribution in [2.75, 3.05) is 13.6 Å². The van der Waals surface area contributed by atoms with Crippen molar-refractivity contribution >= 4 is 17.7 Å². The Labute approximate surface area is 175 Å². The van der Waals surface area contributed by atoms with Crippen LogP contribution >= 0.6 is 0 Å². The number of nitrogens with one attached hydrogen (secondary N) is 1. The summed E-state index contributed by atoms with van der Waals surface area (Å²) in [6.45, 7) is 2.97. The second kappa shape index (κ2) is 6.80. The summed E-state index contributed by atoms with van der Waals surface area (Å²) in [5.74, 6) is -1.15. The van der Waals surface area contributed by atoms with Crippen molar-refractivity contribution in [2.24, 2.45) is 11.8 Å². The zero-order chi connectivity index (χ0) is 21.0. The van der Waals surface area contributed by atoms with Gasteiger partial charge in [-0.3, -0.25) is 24.6 Å². The fourth-order valence-electron chi connectivity index (χ4n) is 5.41. The lowest BCUT2D eigenvalue weighted by molar-refractivity contribution is -0.149. The number of nitrogens with zero attached hydrogens (tertiary/aromatic N) is 2. The first kappa shape index (κ1) is 19.1. The molecule has 3 aliphatic heterocycles. The summed E-state index contributed by atoms with van der Waals surface area (Å²) in [5.41, 5.74) is 0.981. The van der Waals surface area contributed by atoms with Crippen LogP contribution in [-0.2, 0) is 20.9 Å². The third-order valence-corrected chi connectivity index (χ3v) is 6.91. The molecule has 2 aromatic rings. The van der Waals surface area contributed by atoms with Crippen LogP contribution in [0, 0.1) is 18.8 Å². The van der Waals surface area contributed by atoms with Gasteiger partial charge in [0.25, 0.3) is 0 Å². The number of furan rings is 1. The number of fused-ring (bicyclic) bond motifs is 2. The lowest BCUT2D eigenvalue weighted by Gasteiger charge is -2.42. The predicted octanol–water partition coefficient (Wildman–Crippen LogP) is 2.02. The molecule has 0 aliphatic carbocycles. The number of likely N-dealkylation sites (tertiary alicyclic amines) is 2. The average molecular weight is 407 g/mol. The van der Waals surface area contributed by atoms with Crippen LogP contribution in [0.2, 0.25) is 0 Å². The van der Waals surface area contributed by atoms with Crippen LogP contribution in [0.4, 0.5) is 0 Å². The smallest absolute Gasteiger partial charge is 0.244 e. The maximum atomic E-state index is 13.7. The lowest BCUT2D eigenvalue weighted by atomic mass is 9.74. The minimum atomic E-state index is -1.07. The molecular weight excluding hydrogens is 382 g/mol. The first-order chi connectivity index (χ1) is 14.4. The van der Waals surface area contributed by atoms with E-state index < -0.39 is 17.4 Å². The molecule has 0 bridgehead atoms. The molecule has 7 nitrogen and oxygen atoms in total. The van der Waals surface area contributed by atoms with Crippen LogP contribution in [-0.4, -0.2) is 46.7 Å². The van der Waals surface area contributed by atoms with Crippen LogP contribution in [0.5, 0.6) is 0 Å². The molecule has 3 fully saturated rings. The predicted molar refractivity (Wildman–Crippen MR) is 108 cm³/mol. The van der Waals surface area contributed by atoms with E-state index >= 15 is 0 Å². The van der Waals surface area contributed by atoms with E-state index in [1.807, 2.05) is 37.3 Å². The first-order valence-corrected chi connectivity index (χ1v) is 10.4. The highest BCUT2D eigenvalue weighted by Crippen LogP contribution is 2.51. The SMILES string of the molecule is Cc1ccc([C@H]2N[C@]3(CCCN(Cc4ccco4)C3=O)[C@H]3C(=O)N(C)C(=O)[C@@H]23)cc1. The van der Waals surface area contributed by atoms with Crippen LogP contribution < -0.4 is 5.32 Å². The summed E-state index contributed by atoms with van der Waals surface area (Å²) >= 11 is 0. The van der Waals surface area contributed by atoms with Gasteiger partial charge in [0, 0.05) is 19.6 Å². The van der Waals surface area contributed by atoms with Gasteiger partial charge in [-0.2, -0.15) is 0 Å². The zero-order valence-electron chi connectivity index (χ0n) is 17.1. The Morgan fingerprint density at radius 1 is 1.13 bits per heavy atom. The highest BCUT2D eigenvalue weighted by molar-refractivity contribution is 6.10. The third-order valence-electron chi connectivity index (χ3n) is 6.91. The fourth-order valence-corrected chi connectivity index (χ4v) is 5.41. The van der Waals surface area contributed by atoms with Gasteiger partial charge in [0.2, 0.25) is 17.7 Å². The van der Waals surface area contributed by atoms with Crippen molar-refractivity contribution in [3.8, 4) is 0 Å². The second-order valence-electron chi connectivity index (χ2n) is 8.65. The number of piperidine rings is 1. The van der Waals surface area contributed by atoms with Crippen molar-refractivity contribution in [1.29, 1.82) is 0 Å². The molecule has 3 saturated heterocycles. The Kier molecular flexibility index (Phi) is 4.32. The topological polar surface area (TPSA) is 82.9 Å². The summed E-state index contributed by atoms with van der Waals surface area (Å²) < 4.78 is 5.44. The van der Waals surface area contributed by atoms with E-state index in [0.717, 1.165) is 17.5 Å². The van der Waals surface area contributed by atoms with Crippen LogP contribution in [0.1, 0.15) is 35.8 Å². The van der Waals surface area contributed by atoms with Gasteiger partial charge < -0.3 is 9.32 Å². The van der Waals surface area contributed by atoms with Gasteiger partial charge in [-0.15, -0.1) is 0 Å². The number of rotatable bonds is 3. The second-order valence-corrected chi connectivity index (χ2v) is 8.65. The monoisotopic (exact) mass is 407 g/mol. The number of hydrogen-bond acceptors (Lipinski definition) is 5. The van der Waals surface area contributed by atoms with E-state index in [2.05, 4.69) is 5.32 Å². The Hall–Kier alpha value is -2.93. The molecule has 1 spiro atoms. The molecule has 7 heteroatoms. The molecule has 0 unspecified atom stereocenters. The molecular formula is C23H25N3O4. The number of amides is 3. The van der Waals surface area contributed by atoms with Crippen LogP contribution in [0.15, 0.2) is 47.1 Å². The summed E-state index contributed by atoms with van der Waals surface area (Å²) in [6, 6.07) is 11.2.